The second-order valence-corrected chi connectivity index (χ2v) is 8.70. The van der Waals surface area contributed by atoms with Gasteiger partial charge in [0.2, 0.25) is 5.91 Å². The number of nitrogens with one attached hydrogen (secondary N) is 1. The van der Waals surface area contributed by atoms with E-state index in [2.05, 4.69) is 5.32 Å². The number of aryl methyl sites for hydroxylation is 2. The first-order valence-electron chi connectivity index (χ1n) is 6.55. The van der Waals surface area contributed by atoms with E-state index in [-0.39, 0.29) is 22.7 Å². The van der Waals surface area contributed by atoms with Crippen molar-refractivity contribution in [3.05, 3.63) is 29.3 Å². The molecule has 1 N–H and O–H groups in total. The highest BCUT2D eigenvalue weighted by Crippen LogP contribution is 2.24. The molecule has 110 valence electrons. The molecule has 0 radical (unpaired) electrons. The normalized spacial score (nSPS) is 20.8. The summed E-state index contributed by atoms with van der Waals surface area (Å²) < 4.78 is 22.7. The largest absolute Gasteiger partial charge is 0.325 e. The molecule has 1 saturated heterocycles. The molecule has 6 heteroatoms. The molecule has 1 unspecified atom stereocenters. The van der Waals surface area contributed by atoms with Crippen LogP contribution in [0.25, 0.3) is 0 Å². The number of rotatable bonds is 4. The lowest BCUT2D eigenvalue weighted by molar-refractivity contribution is -0.113. The minimum atomic E-state index is -2.87. The van der Waals surface area contributed by atoms with Gasteiger partial charge in [-0.25, -0.2) is 8.42 Å². The highest BCUT2D eigenvalue weighted by molar-refractivity contribution is 8.02. The first-order chi connectivity index (χ1) is 9.35. The molecule has 0 aromatic heterocycles. The standard InChI is InChI=1S/C14H19NO3S2/c1-10-3-4-12(7-11(10)2)15-14(16)8-19-13-5-6-20(17,18)9-13/h3-4,7,13H,5-6,8-9H2,1-2H3,(H,15,16). The Kier molecular flexibility index (Phi) is 4.75. The average Bonchev–Trinajstić information content (AvgIpc) is 2.71. The number of hydrogen-bond acceptors (Lipinski definition) is 4. The number of hydrogen-bond donors (Lipinski definition) is 1. The predicted molar refractivity (Wildman–Crippen MR) is 84.1 cm³/mol. The summed E-state index contributed by atoms with van der Waals surface area (Å²) >= 11 is 1.43. The lowest BCUT2D eigenvalue weighted by Gasteiger charge is -2.09. The highest BCUT2D eigenvalue weighted by Gasteiger charge is 2.28. The van der Waals surface area contributed by atoms with Crippen molar-refractivity contribution in [3.8, 4) is 0 Å². The molecule has 1 amide bonds. The monoisotopic (exact) mass is 313 g/mol. The van der Waals surface area contributed by atoms with E-state index in [1.54, 1.807) is 0 Å². The van der Waals surface area contributed by atoms with Gasteiger partial charge in [-0.15, -0.1) is 11.8 Å². The van der Waals surface area contributed by atoms with Gasteiger partial charge >= 0.3 is 0 Å². The van der Waals surface area contributed by atoms with Gasteiger partial charge in [0.25, 0.3) is 0 Å². The Balaban J connectivity index is 1.82. The maximum absolute atomic E-state index is 11.8. The van der Waals surface area contributed by atoms with E-state index in [9.17, 15) is 13.2 Å². The van der Waals surface area contributed by atoms with Crippen molar-refractivity contribution >= 4 is 33.2 Å². The first kappa shape index (κ1) is 15.4. The molecule has 1 heterocycles. The molecule has 0 aliphatic carbocycles. The molecule has 1 aliphatic rings. The molecule has 1 aliphatic heterocycles. The van der Waals surface area contributed by atoms with E-state index in [1.165, 1.54) is 17.3 Å². The van der Waals surface area contributed by atoms with Gasteiger partial charge in [-0.2, -0.15) is 0 Å². The van der Waals surface area contributed by atoms with Crippen LogP contribution in [-0.2, 0) is 14.6 Å². The maximum Gasteiger partial charge on any atom is 0.234 e. The number of thioether (sulfide) groups is 1. The van der Waals surface area contributed by atoms with Crippen LogP contribution in [0.3, 0.4) is 0 Å². The molecule has 0 spiro atoms. The van der Waals surface area contributed by atoms with E-state index in [0.717, 1.165) is 11.3 Å². The predicted octanol–water partition coefficient (Wildman–Crippen LogP) is 2.16. The van der Waals surface area contributed by atoms with Gasteiger partial charge in [0, 0.05) is 10.9 Å². The Bertz CT molecular complexity index is 611. The lowest BCUT2D eigenvalue weighted by Crippen LogP contribution is -2.17. The van der Waals surface area contributed by atoms with Crippen molar-refractivity contribution < 1.29 is 13.2 Å². The third-order valence-electron chi connectivity index (χ3n) is 3.43. The van der Waals surface area contributed by atoms with Gasteiger partial charge < -0.3 is 5.32 Å². The topological polar surface area (TPSA) is 63.2 Å². The lowest BCUT2D eigenvalue weighted by atomic mass is 10.1. The quantitative estimate of drug-likeness (QED) is 0.925. The first-order valence-corrected chi connectivity index (χ1v) is 9.42. The van der Waals surface area contributed by atoms with E-state index < -0.39 is 9.84 Å². The summed E-state index contributed by atoms with van der Waals surface area (Å²) in [5.74, 6) is 0.674. The van der Waals surface area contributed by atoms with E-state index in [4.69, 9.17) is 0 Å². The molecule has 2 rings (SSSR count). The summed E-state index contributed by atoms with van der Waals surface area (Å²) in [7, 11) is -2.87. The molecule has 0 saturated carbocycles. The van der Waals surface area contributed by atoms with Crippen LogP contribution in [0.4, 0.5) is 5.69 Å². The third-order valence-corrected chi connectivity index (χ3v) is 6.71. The Morgan fingerprint density at radius 1 is 1.35 bits per heavy atom. The summed E-state index contributed by atoms with van der Waals surface area (Å²) in [5.41, 5.74) is 3.11. The second kappa shape index (κ2) is 6.18. The van der Waals surface area contributed by atoms with Crippen molar-refractivity contribution in [1.29, 1.82) is 0 Å². The van der Waals surface area contributed by atoms with Gasteiger partial charge in [-0.1, -0.05) is 6.07 Å². The Morgan fingerprint density at radius 2 is 2.10 bits per heavy atom. The zero-order valence-corrected chi connectivity index (χ0v) is 13.3. The minimum absolute atomic E-state index is 0.0607. The van der Waals surface area contributed by atoms with Crippen molar-refractivity contribution in [2.45, 2.75) is 25.5 Å². The number of carbonyl (C=O) groups is 1. The Morgan fingerprint density at radius 3 is 2.70 bits per heavy atom. The van der Waals surface area contributed by atoms with Gasteiger partial charge in [-0.05, 0) is 43.5 Å². The number of sulfone groups is 1. The number of carbonyl (C=O) groups excluding carboxylic acids is 1. The Labute approximate surface area is 124 Å². The van der Waals surface area contributed by atoms with E-state index >= 15 is 0 Å². The summed E-state index contributed by atoms with van der Waals surface area (Å²) in [6.45, 7) is 4.03. The molecule has 1 atom stereocenters. The van der Waals surface area contributed by atoms with Crippen LogP contribution in [0.5, 0.6) is 0 Å². The summed E-state index contributed by atoms with van der Waals surface area (Å²) in [5, 5.41) is 2.91. The van der Waals surface area contributed by atoms with Crippen LogP contribution < -0.4 is 5.32 Å². The summed E-state index contributed by atoms with van der Waals surface area (Å²) in [6, 6.07) is 5.80. The van der Waals surface area contributed by atoms with Crippen LogP contribution in [0.1, 0.15) is 17.5 Å². The number of benzene rings is 1. The van der Waals surface area contributed by atoms with E-state index in [0.29, 0.717) is 12.2 Å². The minimum Gasteiger partial charge on any atom is -0.325 e. The fourth-order valence-corrected chi connectivity index (χ4v) is 5.55. The van der Waals surface area contributed by atoms with Crippen LogP contribution in [0, 0.1) is 13.8 Å². The van der Waals surface area contributed by atoms with Crippen molar-refractivity contribution in [3.63, 3.8) is 0 Å². The maximum atomic E-state index is 11.8. The van der Waals surface area contributed by atoms with Gasteiger partial charge in [-0.3, -0.25) is 4.79 Å². The Hall–Kier alpha value is -1.01. The van der Waals surface area contributed by atoms with Crippen molar-refractivity contribution in [2.75, 3.05) is 22.6 Å². The number of amides is 1. The van der Waals surface area contributed by atoms with Crippen LogP contribution >= 0.6 is 11.8 Å². The fourth-order valence-electron chi connectivity index (χ4n) is 2.10. The van der Waals surface area contributed by atoms with Crippen molar-refractivity contribution in [1.82, 2.24) is 0 Å². The highest BCUT2D eigenvalue weighted by atomic mass is 32.2. The average molecular weight is 313 g/mol. The van der Waals surface area contributed by atoms with Crippen LogP contribution in [0.2, 0.25) is 0 Å². The summed E-state index contributed by atoms with van der Waals surface area (Å²) in [4.78, 5) is 11.8. The molecular formula is C14H19NO3S2. The molecular weight excluding hydrogens is 294 g/mol. The molecule has 1 aromatic rings. The summed E-state index contributed by atoms with van der Waals surface area (Å²) in [6.07, 6.45) is 0.657. The van der Waals surface area contributed by atoms with Gasteiger partial charge in [0.15, 0.2) is 9.84 Å². The molecule has 0 bridgehead atoms. The van der Waals surface area contributed by atoms with Crippen LogP contribution in [0.15, 0.2) is 18.2 Å². The van der Waals surface area contributed by atoms with Crippen LogP contribution in [-0.4, -0.2) is 36.8 Å². The molecule has 4 nitrogen and oxygen atoms in total. The third kappa shape index (κ3) is 4.24. The van der Waals surface area contributed by atoms with Gasteiger partial charge in [0.1, 0.15) is 0 Å². The number of anilines is 1. The fraction of sp³-hybridized carbons (Fsp3) is 0.500. The molecule has 1 fully saturated rings. The second-order valence-electron chi connectivity index (χ2n) is 5.18. The van der Waals surface area contributed by atoms with E-state index in [1.807, 2.05) is 32.0 Å². The SMILES string of the molecule is Cc1ccc(NC(=O)CSC2CCS(=O)(=O)C2)cc1C. The zero-order chi connectivity index (χ0) is 14.8. The molecule has 20 heavy (non-hydrogen) atoms. The van der Waals surface area contributed by atoms with Gasteiger partial charge in [0.05, 0.1) is 17.3 Å². The van der Waals surface area contributed by atoms with Crippen molar-refractivity contribution in [2.24, 2.45) is 0 Å². The zero-order valence-electron chi connectivity index (χ0n) is 11.7. The molecule has 1 aromatic carbocycles. The smallest absolute Gasteiger partial charge is 0.234 e.